The van der Waals surface area contributed by atoms with E-state index >= 15 is 0 Å². The summed E-state index contributed by atoms with van der Waals surface area (Å²) in [6, 6.07) is 0. The minimum absolute atomic E-state index is 0.0320. The van der Waals surface area contributed by atoms with Gasteiger partial charge in [-0.1, -0.05) is 79.0 Å². The Labute approximate surface area is 208 Å². The zero-order valence-electron chi connectivity index (χ0n) is 20.6. The van der Waals surface area contributed by atoms with E-state index in [1.165, 1.54) is 5.57 Å². The van der Waals surface area contributed by atoms with Crippen LogP contribution < -0.4 is 10.6 Å². The molecule has 0 aromatic rings. The number of aliphatic hydroxyl groups excluding tert-OH is 1. The zero-order valence-corrected chi connectivity index (χ0v) is 20.6. The molecular formula is C30H37N3O2. The Morgan fingerprint density at radius 2 is 1.69 bits per heavy atom. The Morgan fingerprint density at radius 3 is 2.51 bits per heavy atom. The molecule has 5 aliphatic carbocycles. The van der Waals surface area contributed by atoms with Gasteiger partial charge in [0, 0.05) is 17.8 Å². The average Bonchev–Trinajstić information content (AvgIpc) is 2.87. The maximum Gasteiger partial charge on any atom is 0.208 e. The molecule has 6 rings (SSSR count). The van der Waals surface area contributed by atoms with Crippen LogP contribution in [0.15, 0.2) is 89.6 Å². The number of hydrogen-bond donors (Lipinski definition) is 3. The van der Waals surface area contributed by atoms with Gasteiger partial charge in [0.05, 0.1) is 18.4 Å². The minimum atomic E-state index is -0.449. The van der Waals surface area contributed by atoms with Crippen LogP contribution in [0.1, 0.15) is 26.7 Å². The van der Waals surface area contributed by atoms with Gasteiger partial charge in [-0.15, -0.1) is 0 Å². The van der Waals surface area contributed by atoms with Crippen molar-refractivity contribution in [1.82, 2.24) is 10.6 Å². The van der Waals surface area contributed by atoms with Crippen molar-refractivity contribution in [3.8, 4) is 0 Å². The predicted molar refractivity (Wildman–Crippen MR) is 140 cm³/mol. The molecule has 0 saturated carbocycles. The Balaban J connectivity index is 1.39. The monoisotopic (exact) mass is 471 g/mol. The van der Waals surface area contributed by atoms with E-state index in [9.17, 15) is 5.11 Å². The zero-order chi connectivity index (χ0) is 23.9. The van der Waals surface area contributed by atoms with Gasteiger partial charge >= 0.3 is 0 Å². The lowest BCUT2D eigenvalue weighted by Crippen LogP contribution is -2.61. The molecule has 10 unspecified atom stereocenters. The van der Waals surface area contributed by atoms with E-state index in [0.717, 1.165) is 18.7 Å². The van der Waals surface area contributed by atoms with Gasteiger partial charge in [-0.25, -0.2) is 4.99 Å². The third-order valence-corrected chi connectivity index (χ3v) is 8.37. The van der Waals surface area contributed by atoms with Crippen LogP contribution in [-0.2, 0) is 4.74 Å². The number of amidine groups is 1. The van der Waals surface area contributed by atoms with Gasteiger partial charge in [-0.3, -0.25) is 5.32 Å². The first-order valence-corrected chi connectivity index (χ1v) is 13.3. The molecule has 3 N–H and O–H groups in total. The number of fused-ring (bicyclic) bond motifs is 5. The number of nitrogens with zero attached hydrogens (tertiary/aromatic N) is 1. The third kappa shape index (κ3) is 4.35. The summed E-state index contributed by atoms with van der Waals surface area (Å²) in [5.41, 5.74) is 1.26. The molecule has 0 radical (unpaired) electrons. The van der Waals surface area contributed by atoms with Crippen LogP contribution in [0.4, 0.5) is 0 Å². The Bertz CT molecular complexity index is 1060. The number of nitrogens with one attached hydrogen (secondary N) is 2. The summed E-state index contributed by atoms with van der Waals surface area (Å²) in [5, 5.41) is 18.0. The normalized spacial score (nSPS) is 43.2. The van der Waals surface area contributed by atoms with Gasteiger partial charge in [0.25, 0.3) is 0 Å². The second kappa shape index (κ2) is 9.53. The topological polar surface area (TPSA) is 65.9 Å². The molecule has 0 amide bonds. The SMILES string of the molecule is CC(C)OC1N=C(C2=CC3C4C=CC=CC4C=CC3C3C=CC=CC23)NC(C2C=CCCC2O)N1. The number of ether oxygens (including phenoxy) is 1. The highest BCUT2D eigenvalue weighted by molar-refractivity contribution is 6.00. The first-order valence-electron chi connectivity index (χ1n) is 13.3. The predicted octanol–water partition coefficient (Wildman–Crippen LogP) is 4.40. The van der Waals surface area contributed by atoms with Crippen molar-refractivity contribution in [2.24, 2.45) is 46.4 Å². The minimum Gasteiger partial charge on any atom is -0.392 e. The van der Waals surface area contributed by atoms with E-state index in [0.29, 0.717) is 29.6 Å². The lowest BCUT2D eigenvalue weighted by Gasteiger charge is -2.47. The fourth-order valence-electron chi connectivity index (χ4n) is 6.73. The molecule has 184 valence electrons. The second-order valence-electron chi connectivity index (χ2n) is 10.9. The van der Waals surface area contributed by atoms with Gasteiger partial charge in [-0.2, -0.15) is 0 Å². The first-order chi connectivity index (χ1) is 17.1. The van der Waals surface area contributed by atoms with Crippen LogP contribution in [0.5, 0.6) is 0 Å². The van der Waals surface area contributed by atoms with Crippen molar-refractivity contribution in [2.45, 2.75) is 51.4 Å². The van der Waals surface area contributed by atoms with E-state index in [1.54, 1.807) is 0 Å². The lowest BCUT2D eigenvalue weighted by molar-refractivity contribution is -0.0291. The Kier molecular flexibility index (Phi) is 6.25. The molecule has 35 heavy (non-hydrogen) atoms. The van der Waals surface area contributed by atoms with E-state index in [-0.39, 0.29) is 30.2 Å². The second-order valence-corrected chi connectivity index (χ2v) is 10.9. The highest BCUT2D eigenvalue weighted by Crippen LogP contribution is 2.50. The van der Waals surface area contributed by atoms with Gasteiger partial charge in [0.2, 0.25) is 6.35 Å². The van der Waals surface area contributed by atoms with E-state index < -0.39 is 6.35 Å². The molecule has 1 heterocycles. The fraction of sp³-hybridized carbons (Fsp3) is 0.500. The highest BCUT2D eigenvalue weighted by atomic mass is 16.5. The van der Waals surface area contributed by atoms with Crippen LogP contribution in [0.25, 0.3) is 0 Å². The van der Waals surface area contributed by atoms with Crippen LogP contribution in [0.2, 0.25) is 0 Å². The number of rotatable bonds is 4. The summed E-state index contributed by atoms with van der Waals surface area (Å²) in [7, 11) is 0. The fourth-order valence-corrected chi connectivity index (χ4v) is 6.73. The van der Waals surface area contributed by atoms with Crippen molar-refractivity contribution in [2.75, 3.05) is 0 Å². The number of allylic oxidation sites excluding steroid dienone is 12. The van der Waals surface area contributed by atoms with Gasteiger partial charge in [-0.05, 0) is 55.9 Å². The molecule has 10 atom stereocenters. The van der Waals surface area contributed by atoms with Crippen LogP contribution in [0.3, 0.4) is 0 Å². The van der Waals surface area contributed by atoms with Crippen molar-refractivity contribution in [3.63, 3.8) is 0 Å². The van der Waals surface area contributed by atoms with Gasteiger partial charge in [0.1, 0.15) is 5.84 Å². The highest BCUT2D eigenvalue weighted by Gasteiger charge is 2.45. The lowest BCUT2D eigenvalue weighted by atomic mass is 9.58. The standard InChI is InChI=1S/C30H37N3O2/c1-18(2)35-30-32-28(24-13-7-8-14-27(24)34)31-29(33-30)26-17-25-20-10-4-3-9-19(20)15-16-23(25)21-11-5-6-12-22(21)26/h3-7,9-13,15-25,27-28,30,32,34H,8,14H2,1-2H3,(H,31,33). The third-order valence-electron chi connectivity index (χ3n) is 8.37. The largest absolute Gasteiger partial charge is 0.392 e. The molecule has 5 nitrogen and oxygen atoms in total. The van der Waals surface area contributed by atoms with Crippen molar-refractivity contribution >= 4 is 5.84 Å². The van der Waals surface area contributed by atoms with Crippen LogP contribution in [0, 0.1) is 41.4 Å². The van der Waals surface area contributed by atoms with Crippen molar-refractivity contribution in [1.29, 1.82) is 0 Å². The molecule has 5 heteroatoms. The summed E-state index contributed by atoms with van der Waals surface area (Å²) >= 11 is 0. The molecule has 0 bridgehead atoms. The Morgan fingerprint density at radius 1 is 0.886 bits per heavy atom. The number of hydrogen-bond acceptors (Lipinski definition) is 5. The van der Waals surface area contributed by atoms with Crippen molar-refractivity contribution in [3.05, 3.63) is 84.6 Å². The van der Waals surface area contributed by atoms with E-state index in [4.69, 9.17) is 9.73 Å². The summed E-state index contributed by atoms with van der Waals surface area (Å²) in [6.45, 7) is 4.08. The maximum atomic E-state index is 10.8. The maximum absolute atomic E-state index is 10.8. The molecule has 0 spiro atoms. The first kappa shape index (κ1) is 23.0. The summed E-state index contributed by atoms with van der Waals surface area (Å²) in [4.78, 5) is 5.04. The quantitative estimate of drug-likeness (QED) is 0.532. The van der Waals surface area contributed by atoms with Crippen molar-refractivity contribution < 1.29 is 9.84 Å². The molecule has 6 aliphatic rings. The smallest absolute Gasteiger partial charge is 0.208 e. The molecule has 0 aromatic heterocycles. The Hall–Kier alpha value is -2.47. The average molecular weight is 472 g/mol. The van der Waals surface area contributed by atoms with E-state index in [2.05, 4.69) is 89.6 Å². The number of aliphatic hydroxyl groups is 1. The molecule has 0 aromatic carbocycles. The molecular weight excluding hydrogens is 434 g/mol. The molecule has 1 aliphatic heterocycles. The van der Waals surface area contributed by atoms with Crippen LogP contribution in [-0.4, -0.2) is 35.7 Å². The van der Waals surface area contributed by atoms with Gasteiger partial charge in [0.15, 0.2) is 0 Å². The summed E-state index contributed by atoms with van der Waals surface area (Å²) < 4.78 is 6.16. The van der Waals surface area contributed by atoms with Crippen LogP contribution >= 0.6 is 0 Å². The molecule has 0 fully saturated rings. The summed E-state index contributed by atoms with van der Waals surface area (Å²) in [6.07, 6.45) is 30.6. The van der Waals surface area contributed by atoms with E-state index in [1.807, 2.05) is 13.8 Å². The summed E-state index contributed by atoms with van der Waals surface area (Å²) in [5.74, 6) is 3.36. The number of aliphatic imine (C=N–C) groups is 1. The van der Waals surface area contributed by atoms with Gasteiger partial charge < -0.3 is 15.2 Å². The molecule has 0 saturated heterocycles.